The molecule has 7 nitrogen and oxygen atoms in total. The molecule has 0 amide bonds. The van der Waals surface area contributed by atoms with E-state index in [-0.39, 0.29) is 12.6 Å². The Labute approximate surface area is 192 Å². The average molecular weight is 461 g/mol. The zero-order valence-electron chi connectivity index (χ0n) is 18.0. The van der Waals surface area contributed by atoms with E-state index in [1.54, 1.807) is 18.6 Å². The first kappa shape index (κ1) is 21.4. The molecular formula is C25H24N4O3S. The van der Waals surface area contributed by atoms with Gasteiger partial charge >= 0.3 is 0 Å². The van der Waals surface area contributed by atoms with Crippen molar-refractivity contribution in [2.75, 3.05) is 13.2 Å². The fourth-order valence-corrected chi connectivity index (χ4v) is 5.56. The van der Waals surface area contributed by atoms with E-state index in [1.165, 1.54) is 4.31 Å². The highest BCUT2D eigenvalue weighted by atomic mass is 32.2. The van der Waals surface area contributed by atoms with Gasteiger partial charge in [-0.25, -0.2) is 8.42 Å². The van der Waals surface area contributed by atoms with Crippen molar-refractivity contribution in [1.29, 1.82) is 0 Å². The summed E-state index contributed by atoms with van der Waals surface area (Å²) < 4.78 is 32.3. The second kappa shape index (κ2) is 8.80. The molecule has 5 rings (SSSR count). The van der Waals surface area contributed by atoms with Gasteiger partial charge in [0.05, 0.1) is 29.0 Å². The summed E-state index contributed by atoms with van der Waals surface area (Å²) in [5.74, 6) is 0.587. The average Bonchev–Trinajstić information content (AvgIpc) is 3.49. The SMILES string of the molecule is C=CS(=O)(=O)N1CCC[C@H]1COc1cnccc1-c1[nH]c2cccnc2c1-c1ccccc1. The minimum absolute atomic E-state index is 0.237. The quantitative estimate of drug-likeness (QED) is 0.435. The van der Waals surface area contributed by atoms with Gasteiger partial charge in [-0.3, -0.25) is 9.97 Å². The maximum absolute atomic E-state index is 12.3. The molecule has 1 N–H and O–H groups in total. The van der Waals surface area contributed by atoms with Gasteiger partial charge < -0.3 is 9.72 Å². The van der Waals surface area contributed by atoms with E-state index < -0.39 is 10.0 Å². The van der Waals surface area contributed by atoms with Crippen LogP contribution in [0.2, 0.25) is 0 Å². The van der Waals surface area contributed by atoms with Gasteiger partial charge in [0.1, 0.15) is 12.4 Å². The van der Waals surface area contributed by atoms with Gasteiger partial charge in [-0.15, -0.1) is 0 Å². The van der Waals surface area contributed by atoms with Crippen molar-refractivity contribution >= 4 is 21.1 Å². The summed E-state index contributed by atoms with van der Waals surface area (Å²) in [5.41, 5.74) is 5.55. The van der Waals surface area contributed by atoms with Crippen molar-refractivity contribution in [3.05, 3.63) is 79.1 Å². The summed E-state index contributed by atoms with van der Waals surface area (Å²) in [6.45, 7) is 4.17. The standard InChI is InChI=1S/C25H24N4O3S/c1-2-33(30,31)29-15-7-10-19(29)17-32-22-16-26-14-12-20(22)24-23(18-8-4-3-5-9-18)25-21(28-24)11-6-13-27-25/h2-6,8-9,11-14,16,19,28H,1,7,10,15,17H2/t19-/m0/s1. The minimum atomic E-state index is -3.49. The second-order valence-electron chi connectivity index (χ2n) is 7.94. The van der Waals surface area contributed by atoms with E-state index in [2.05, 4.69) is 33.7 Å². The molecule has 1 saturated heterocycles. The first-order chi connectivity index (χ1) is 16.1. The number of aromatic amines is 1. The Balaban J connectivity index is 1.53. The highest BCUT2D eigenvalue weighted by Crippen LogP contribution is 2.40. The topological polar surface area (TPSA) is 88.2 Å². The fraction of sp³-hybridized carbons (Fsp3) is 0.200. The molecule has 4 heterocycles. The summed E-state index contributed by atoms with van der Waals surface area (Å²) >= 11 is 0. The zero-order chi connectivity index (χ0) is 22.8. The molecule has 1 aliphatic heterocycles. The number of nitrogens with zero attached hydrogens (tertiary/aromatic N) is 3. The molecule has 0 bridgehead atoms. The van der Waals surface area contributed by atoms with Crippen molar-refractivity contribution in [3.63, 3.8) is 0 Å². The summed E-state index contributed by atoms with van der Waals surface area (Å²) in [6.07, 6.45) is 6.72. The zero-order valence-corrected chi connectivity index (χ0v) is 18.8. The van der Waals surface area contributed by atoms with Crippen LogP contribution in [-0.4, -0.2) is 46.9 Å². The number of benzene rings is 1. The number of sulfonamides is 1. The third kappa shape index (κ3) is 4.03. The maximum Gasteiger partial charge on any atom is 0.235 e. The second-order valence-corrected chi connectivity index (χ2v) is 9.77. The van der Waals surface area contributed by atoms with E-state index >= 15 is 0 Å². The van der Waals surface area contributed by atoms with Crippen LogP contribution in [0.3, 0.4) is 0 Å². The number of aromatic nitrogens is 3. The molecule has 8 heteroatoms. The van der Waals surface area contributed by atoms with Crippen LogP contribution in [0.15, 0.2) is 79.1 Å². The lowest BCUT2D eigenvalue weighted by Crippen LogP contribution is -2.37. The highest BCUT2D eigenvalue weighted by Gasteiger charge is 2.33. The van der Waals surface area contributed by atoms with Crippen LogP contribution in [0.4, 0.5) is 0 Å². The first-order valence-electron chi connectivity index (χ1n) is 10.8. The lowest BCUT2D eigenvalue weighted by molar-refractivity contribution is 0.234. The van der Waals surface area contributed by atoms with Crippen LogP contribution >= 0.6 is 0 Å². The number of ether oxygens (including phenoxy) is 1. The van der Waals surface area contributed by atoms with Crippen molar-refractivity contribution in [1.82, 2.24) is 19.3 Å². The summed E-state index contributed by atoms with van der Waals surface area (Å²) in [7, 11) is -3.49. The molecule has 1 aliphatic rings. The number of pyridine rings is 2. The Morgan fingerprint density at radius 1 is 1.15 bits per heavy atom. The molecular weight excluding hydrogens is 436 g/mol. The molecule has 0 unspecified atom stereocenters. The van der Waals surface area contributed by atoms with Crippen molar-refractivity contribution in [3.8, 4) is 28.1 Å². The first-order valence-corrected chi connectivity index (χ1v) is 12.3. The van der Waals surface area contributed by atoms with Gasteiger partial charge in [0.25, 0.3) is 0 Å². The molecule has 1 aromatic carbocycles. The lowest BCUT2D eigenvalue weighted by Gasteiger charge is -2.23. The lowest BCUT2D eigenvalue weighted by atomic mass is 10.0. The van der Waals surface area contributed by atoms with Gasteiger partial charge in [0.2, 0.25) is 10.0 Å². The Morgan fingerprint density at radius 2 is 2.00 bits per heavy atom. The third-order valence-electron chi connectivity index (χ3n) is 5.96. The number of fused-ring (bicyclic) bond motifs is 1. The molecule has 0 aliphatic carbocycles. The van der Waals surface area contributed by atoms with Gasteiger partial charge in [-0.1, -0.05) is 36.9 Å². The molecule has 0 radical (unpaired) electrons. The van der Waals surface area contributed by atoms with Crippen molar-refractivity contribution in [2.24, 2.45) is 0 Å². The Hall–Kier alpha value is -3.49. The predicted octanol–water partition coefficient (Wildman–Crippen LogP) is 4.61. The van der Waals surface area contributed by atoms with E-state index in [9.17, 15) is 8.42 Å². The number of rotatable bonds is 7. The Kier molecular flexibility index (Phi) is 5.70. The van der Waals surface area contributed by atoms with E-state index in [4.69, 9.17) is 4.74 Å². The molecule has 1 atom stereocenters. The summed E-state index contributed by atoms with van der Waals surface area (Å²) in [6, 6.07) is 15.7. The van der Waals surface area contributed by atoms with Crippen LogP contribution in [0.5, 0.6) is 5.75 Å². The number of hydrogen-bond acceptors (Lipinski definition) is 5. The van der Waals surface area contributed by atoms with Gasteiger partial charge in [-0.2, -0.15) is 4.31 Å². The molecule has 33 heavy (non-hydrogen) atoms. The Bertz CT molecular complexity index is 1400. The monoisotopic (exact) mass is 460 g/mol. The summed E-state index contributed by atoms with van der Waals surface area (Å²) in [5, 5.41) is 1.00. The third-order valence-corrected chi connectivity index (χ3v) is 7.52. The van der Waals surface area contributed by atoms with Crippen LogP contribution in [0.25, 0.3) is 33.4 Å². The maximum atomic E-state index is 12.3. The fourth-order valence-electron chi connectivity index (χ4n) is 4.40. The van der Waals surface area contributed by atoms with E-state index in [1.807, 2.05) is 36.4 Å². The van der Waals surface area contributed by atoms with Gasteiger partial charge in [0.15, 0.2) is 0 Å². The number of nitrogens with one attached hydrogen (secondary N) is 1. The molecule has 3 aromatic heterocycles. The van der Waals surface area contributed by atoms with Crippen LogP contribution in [-0.2, 0) is 10.0 Å². The normalized spacial score (nSPS) is 16.8. The highest BCUT2D eigenvalue weighted by molar-refractivity contribution is 7.92. The molecule has 0 spiro atoms. The molecule has 0 saturated carbocycles. The smallest absolute Gasteiger partial charge is 0.235 e. The van der Waals surface area contributed by atoms with Crippen molar-refractivity contribution < 1.29 is 13.2 Å². The Morgan fingerprint density at radius 3 is 2.82 bits per heavy atom. The van der Waals surface area contributed by atoms with E-state index in [0.717, 1.165) is 51.7 Å². The molecule has 168 valence electrons. The largest absolute Gasteiger partial charge is 0.490 e. The van der Waals surface area contributed by atoms with E-state index in [0.29, 0.717) is 12.3 Å². The van der Waals surface area contributed by atoms with Gasteiger partial charge in [-0.05, 0) is 36.6 Å². The molecule has 1 fully saturated rings. The molecule has 4 aromatic rings. The van der Waals surface area contributed by atoms with Crippen LogP contribution < -0.4 is 4.74 Å². The van der Waals surface area contributed by atoms with Gasteiger partial charge in [0, 0.05) is 35.5 Å². The minimum Gasteiger partial charge on any atom is -0.490 e. The number of hydrogen-bond donors (Lipinski definition) is 1. The predicted molar refractivity (Wildman–Crippen MR) is 129 cm³/mol. The summed E-state index contributed by atoms with van der Waals surface area (Å²) in [4.78, 5) is 12.4. The van der Waals surface area contributed by atoms with Crippen LogP contribution in [0.1, 0.15) is 12.8 Å². The number of H-pyrrole nitrogens is 1. The van der Waals surface area contributed by atoms with Crippen molar-refractivity contribution in [2.45, 2.75) is 18.9 Å². The van der Waals surface area contributed by atoms with Crippen LogP contribution in [0, 0.1) is 0 Å².